The number of halogens is 1. The van der Waals surface area contributed by atoms with E-state index in [1.807, 2.05) is 39.0 Å². The third-order valence-electron chi connectivity index (χ3n) is 4.22. The standard InChI is InChI=1S/C19H18ClN5O2/c1-11-4-6-15(9-12(11)2)23-18-17(25(26)27)19(22-10-21-18)24-16-7-5-14(20)8-13(16)3/h4-10H,1-3H3,(H2,21,22,23,24). The number of rotatable bonds is 5. The van der Waals surface area contributed by atoms with Gasteiger partial charge in [-0.2, -0.15) is 0 Å². The van der Waals surface area contributed by atoms with Gasteiger partial charge < -0.3 is 10.6 Å². The summed E-state index contributed by atoms with van der Waals surface area (Å²) in [4.78, 5) is 19.3. The molecule has 1 heterocycles. The molecule has 138 valence electrons. The summed E-state index contributed by atoms with van der Waals surface area (Å²) in [6, 6.07) is 10.9. The van der Waals surface area contributed by atoms with E-state index in [2.05, 4.69) is 20.6 Å². The number of nitrogens with one attached hydrogen (secondary N) is 2. The van der Waals surface area contributed by atoms with Crippen molar-refractivity contribution in [3.05, 3.63) is 74.6 Å². The van der Waals surface area contributed by atoms with Crippen LogP contribution in [0.1, 0.15) is 16.7 Å². The highest BCUT2D eigenvalue weighted by Crippen LogP contribution is 2.34. The Morgan fingerprint density at radius 2 is 1.63 bits per heavy atom. The monoisotopic (exact) mass is 383 g/mol. The molecule has 0 saturated heterocycles. The van der Waals surface area contributed by atoms with Crippen LogP contribution in [-0.4, -0.2) is 14.9 Å². The summed E-state index contributed by atoms with van der Waals surface area (Å²) in [5.41, 5.74) is 4.22. The second kappa shape index (κ2) is 7.59. The van der Waals surface area contributed by atoms with Crippen LogP contribution in [0.25, 0.3) is 0 Å². The molecular weight excluding hydrogens is 366 g/mol. The Morgan fingerprint density at radius 1 is 0.926 bits per heavy atom. The molecule has 2 N–H and O–H groups in total. The summed E-state index contributed by atoms with van der Waals surface area (Å²) < 4.78 is 0. The van der Waals surface area contributed by atoms with Gasteiger partial charge in [0, 0.05) is 16.4 Å². The molecule has 0 radical (unpaired) electrons. The number of hydrogen-bond donors (Lipinski definition) is 2. The van der Waals surface area contributed by atoms with Gasteiger partial charge in [0.15, 0.2) is 0 Å². The number of anilines is 4. The number of aromatic nitrogens is 2. The first-order valence-corrected chi connectivity index (χ1v) is 8.60. The number of nitro groups is 1. The van der Waals surface area contributed by atoms with E-state index in [0.717, 1.165) is 16.7 Å². The van der Waals surface area contributed by atoms with E-state index in [1.54, 1.807) is 18.2 Å². The molecule has 27 heavy (non-hydrogen) atoms. The molecule has 3 rings (SSSR count). The van der Waals surface area contributed by atoms with Crippen molar-refractivity contribution < 1.29 is 4.92 Å². The molecule has 0 spiro atoms. The summed E-state index contributed by atoms with van der Waals surface area (Å²) in [6.07, 6.45) is 1.28. The Bertz CT molecular complexity index is 1020. The lowest BCUT2D eigenvalue weighted by Crippen LogP contribution is -2.06. The predicted octanol–water partition coefficient (Wildman–Crippen LogP) is 5.45. The molecule has 8 heteroatoms. The van der Waals surface area contributed by atoms with E-state index in [9.17, 15) is 10.1 Å². The Labute approximate surface area is 161 Å². The maximum absolute atomic E-state index is 11.7. The lowest BCUT2D eigenvalue weighted by Gasteiger charge is -2.12. The zero-order valence-electron chi connectivity index (χ0n) is 15.1. The van der Waals surface area contributed by atoms with Crippen molar-refractivity contribution in [3.8, 4) is 0 Å². The Kier molecular flexibility index (Phi) is 5.23. The number of nitrogens with zero attached hydrogens (tertiary/aromatic N) is 3. The van der Waals surface area contributed by atoms with Crippen molar-refractivity contribution in [2.24, 2.45) is 0 Å². The molecule has 0 saturated carbocycles. The molecule has 0 aliphatic carbocycles. The second-order valence-electron chi connectivity index (χ2n) is 6.18. The Morgan fingerprint density at radius 3 is 2.26 bits per heavy atom. The Hall–Kier alpha value is -3.19. The number of hydrogen-bond acceptors (Lipinski definition) is 6. The van der Waals surface area contributed by atoms with E-state index < -0.39 is 4.92 Å². The van der Waals surface area contributed by atoms with E-state index in [1.165, 1.54) is 6.33 Å². The largest absolute Gasteiger partial charge is 0.353 e. The van der Waals surface area contributed by atoms with Crippen molar-refractivity contribution >= 4 is 40.3 Å². The van der Waals surface area contributed by atoms with Gasteiger partial charge in [-0.15, -0.1) is 0 Å². The fraction of sp³-hybridized carbons (Fsp3) is 0.158. The van der Waals surface area contributed by atoms with Crippen LogP contribution in [0, 0.1) is 30.9 Å². The second-order valence-corrected chi connectivity index (χ2v) is 6.62. The maximum atomic E-state index is 11.7. The average Bonchev–Trinajstić information content (AvgIpc) is 2.60. The van der Waals surface area contributed by atoms with E-state index in [-0.39, 0.29) is 17.3 Å². The van der Waals surface area contributed by atoms with Crippen LogP contribution in [0.3, 0.4) is 0 Å². The van der Waals surface area contributed by atoms with Gasteiger partial charge in [0.2, 0.25) is 11.6 Å². The summed E-state index contributed by atoms with van der Waals surface area (Å²) in [6.45, 7) is 5.84. The molecule has 0 aliphatic heterocycles. The zero-order valence-corrected chi connectivity index (χ0v) is 15.8. The lowest BCUT2D eigenvalue weighted by molar-refractivity contribution is -0.383. The normalized spacial score (nSPS) is 10.5. The first-order chi connectivity index (χ1) is 12.8. The molecule has 0 bridgehead atoms. The molecule has 7 nitrogen and oxygen atoms in total. The van der Waals surface area contributed by atoms with Crippen LogP contribution in [-0.2, 0) is 0 Å². The predicted molar refractivity (Wildman–Crippen MR) is 107 cm³/mol. The molecule has 0 aliphatic rings. The number of aryl methyl sites for hydroxylation is 3. The van der Waals surface area contributed by atoms with Crippen LogP contribution in [0.5, 0.6) is 0 Å². The average molecular weight is 384 g/mol. The van der Waals surface area contributed by atoms with Gasteiger partial charge in [-0.25, -0.2) is 9.97 Å². The van der Waals surface area contributed by atoms with Gasteiger partial charge in [0.05, 0.1) is 4.92 Å². The van der Waals surface area contributed by atoms with Gasteiger partial charge in [0.25, 0.3) is 0 Å². The van der Waals surface area contributed by atoms with Gasteiger partial charge in [-0.05, 0) is 67.8 Å². The first-order valence-electron chi connectivity index (χ1n) is 8.22. The minimum absolute atomic E-state index is 0.103. The zero-order chi connectivity index (χ0) is 19.6. The third-order valence-corrected chi connectivity index (χ3v) is 4.45. The molecule has 0 amide bonds. The SMILES string of the molecule is Cc1ccc(Nc2ncnc(Nc3ccc(Cl)cc3C)c2[N+](=O)[O-])cc1C. The fourth-order valence-electron chi connectivity index (χ4n) is 2.59. The van der Waals surface area contributed by atoms with Gasteiger partial charge in [0.1, 0.15) is 6.33 Å². The van der Waals surface area contributed by atoms with Crippen molar-refractivity contribution in [2.75, 3.05) is 10.6 Å². The molecule has 3 aromatic rings. The number of benzene rings is 2. The van der Waals surface area contributed by atoms with E-state index >= 15 is 0 Å². The van der Waals surface area contributed by atoms with Crippen LogP contribution in [0.15, 0.2) is 42.7 Å². The van der Waals surface area contributed by atoms with Crippen molar-refractivity contribution in [2.45, 2.75) is 20.8 Å². The minimum Gasteiger partial charge on any atom is -0.334 e. The third kappa shape index (κ3) is 4.15. The van der Waals surface area contributed by atoms with Crippen LogP contribution >= 0.6 is 11.6 Å². The lowest BCUT2D eigenvalue weighted by atomic mass is 10.1. The van der Waals surface area contributed by atoms with Crippen LogP contribution in [0.2, 0.25) is 5.02 Å². The first kappa shape index (κ1) is 18.6. The van der Waals surface area contributed by atoms with Gasteiger partial charge in [-0.3, -0.25) is 10.1 Å². The van der Waals surface area contributed by atoms with Gasteiger partial charge >= 0.3 is 5.69 Å². The van der Waals surface area contributed by atoms with Crippen LogP contribution < -0.4 is 10.6 Å². The van der Waals surface area contributed by atoms with Crippen LogP contribution in [0.4, 0.5) is 28.7 Å². The molecular formula is C19H18ClN5O2. The van der Waals surface area contributed by atoms with Gasteiger partial charge in [-0.1, -0.05) is 17.7 Å². The van der Waals surface area contributed by atoms with E-state index in [4.69, 9.17) is 11.6 Å². The minimum atomic E-state index is -0.503. The highest BCUT2D eigenvalue weighted by atomic mass is 35.5. The topological polar surface area (TPSA) is 93.0 Å². The quantitative estimate of drug-likeness (QED) is 0.449. The molecule has 0 fully saturated rings. The van der Waals surface area contributed by atoms with E-state index in [0.29, 0.717) is 16.4 Å². The Balaban J connectivity index is 1.99. The molecule has 1 aromatic heterocycles. The van der Waals surface area contributed by atoms with Crippen molar-refractivity contribution in [1.29, 1.82) is 0 Å². The fourth-order valence-corrected chi connectivity index (χ4v) is 2.81. The highest BCUT2D eigenvalue weighted by molar-refractivity contribution is 6.30. The summed E-state index contributed by atoms with van der Waals surface area (Å²) in [7, 11) is 0. The molecule has 0 unspecified atom stereocenters. The smallest absolute Gasteiger partial charge is 0.334 e. The molecule has 2 aromatic carbocycles. The molecule has 0 atom stereocenters. The summed E-state index contributed by atoms with van der Waals surface area (Å²) in [5.74, 6) is 0.221. The summed E-state index contributed by atoms with van der Waals surface area (Å²) in [5, 5.41) is 18.3. The maximum Gasteiger partial charge on any atom is 0.353 e. The highest BCUT2D eigenvalue weighted by Gasteiger charge is 2.23. The summed E-state index contributed by atoms with van der Waals surface area (Å²) >= 11 is 5.97. The van der Waals surface area contributed by atoms with Crippen molar-refractivity contribution in [1.82, 2.24) is 9.97 Å². The van der Waals surface area contributed by atoms with Crippen molar-refractivity contribution in [3.63, 3.8) is 0 Å².